The lowest BCUT2D eigenvalue weighted by molar-refractivity contribution is 0.0942. The van der Waals surface area contributed by atoms with Gasteiger partial charge in [-0.3, -0.25) is 9.69 Å². The largest absolute Gasteiger partial charge is 0.496 e. The van der Waals surface area contributed by atoms with Crippen LogP contribution in [0.5, 0.6) is 5.75 Å². The predicted molar refractivity (Wildman–Crippen MR) is 93.2 cm³/mol. The van der Waals surface area contributed by atoms with Gasteiger partial charge in [0.25, 0.3) is 5.91 Å². The van der Waals surface area contributed by atoms with Crippen molar-refractivity contribution in [2.75, 3.05) is 52.6 Å². The Kier molecular flexibility index (Phi) is 6.45. The number of methoxy groups -OCH3 is 1. The third kappa shape index (κ3) is 5.07. The Balaban J connectivity index is 1.81. The van der Waals surface area contributed by atoms with E-state index in [2.05, 4.69) is 10.2 Å². The van der Waals surface area contributed by atoms with Gasteiger partial charge in [0.15, 0.2) is 0 Å². The SMILES string of the molecule is COc1ccc(Cl)cc1C(=O)NCCN1CCN(S(C)(=O)=O)CC1. The van der Waals surface area contributed by atoms with Crippen LogP contribution in [0.15, 0.2) is 18.2 Å². The van der Waals surface area contributed by atoms with Gasteiger partial charge < -0.3 is 10.1 Å². The zero-order valence-corrected chi connectivity index (χ0v) is 15.4. The molecule has 1 amide bonds. The lowest BCUT2D eigenvalue weighted by Crippen LogP contribution is -2.49. The summed E-state index contributed by atoms with van der Waals surface area (Å²) < 4.78 is 29.6. The van der Waals surface area contributed by atoms with Crippen LogP contribution in [0.3, 0.4) is 0 Å². The molecule has 1 aromatic carbocycles. The summed E-state index contributed by atoms with van der Waals surface area (Å²) in [6, 6.07) is 4.89. The monoisotopic (exact) mass is 375 g/mol. The molecule has 1 aromatic rings. The zero-order valence-electron chi connectivity index (χ0n) is 13.8. The van der Waals surface area contributed by atoms with Crippen molar-refractivity contribution in [2.24, 2.45) is 0 Å². The molecule has 24 heavy (non-hydrogen) atoms. The van der Waals surface area contributed by atoms with Crippen LogP contribution in [0.1, 0.15) is 10.4 Å². The summed E-state index contributed by atoms with van der Waals surface area (Å²) in [7, 11) is -1.62. The average Bonchev–Trinajstić information content (AvgIpc) is 2.54. The molecule has 1 N–H and O–H groups in total. The van der Waals surface area contributed by atoms with E-state index in [4.69, 9.17) is 16.3 Å². The fourth-order valence-electron chi connectivity index (χ4n) is 2.57. The minimum atomic E-state index is -3.12. The normalized spacial score (nSPS) is 16.8. The highest BCUT2D eigenvalue weighted by atomic mass is 35.5. The number of halogens is 1. The van der Waals surface area contributed by atoms with Gasteiger partial charge in [0.05, 0.1) is 18.9 Å². The number of carbonyl (C=O) groups is 1. The number of nitrogens with zero attached hydrogens (tertiary/aromatic N) is 2. The Morgan fingerprint density at radius 2 is 1.96 bits per heavy atom. The highest BCUT2D eigenvalue weighted by molar-refractivity contribution is 7.88. The number of benzene rings is 1. The number of rotatable bonds is 6. The quantitative estimate of drug-likeness (QED) is 0.790. The van der Waals surface area contributed by atoms with Gasteiger partial charge in [-0.1, -0.05) is 11.6 Å². The molecule has 0 atom stereocenters. The highest BCUT2D eigenvalue weighted by Gasteiger charge is 2.23. The summed E-state index contributed by atoms with van der Waals surface area (Å²) in [5, 5.41) is 3.31. The molecule has 1 fully saturated rings. The molecule has 0 unspecified atom stereocenters. The Morgan fingerprint density at radius 3 is 2.54 bits per heavy atom. The van der Waals surface area contributed by atoms with Gasteiger partial charge in [-0.2, -0.15) is 4.31 Å². The zero-order chi connectivity index (χ0) is 17.7. The molecule has 0 spiro atoms. The van der Waals surface area contributed by atoms with Gasteiger partial charge in [-0.15, -0.1) is 0 Å². The third-order valence-corrected chi connectivity index (χ3v) is 5.46. The van der Waals surface area contributed by atoms with Crippen LogP contribution in [0.25, 0.3) is 0 Å². The van der Waals surface area contributed by atoms with Crippen molar-refractivity contribution in [1.82, 2.24) is 14.5 Å². The van der Waals surface area contributed by atoms with Crippen LogP contribution in [-0.2, 0) is 10.0 Å². The van der Waals surface area contributed by atoms with Crippen molar-refractivity contribution in [2.45, 2.75) is 0 Å². The fourth-order valence-corrected chi connectivity index (χ4v) is 3.56. The van der Waals surface area contributed by atoms with E-state index < -0.39 is 10.0 Å². The number of hydrogen-bond acceptors (Lipinski definition) is 5. The lowest BCUT2D eigenvalue weighted by atomic mass is 10.2. The topological polar surface area (TPSA) is 79.0 Å². The maximum Gasteiger partial charge on any atom is 0.255 e. The van der Waals surface area contributed by atoms with Gasteiger partial charge in [0.2, 0.25) is 10.0 Å². The molecule has 0 aliphatic carbocycles. The molecule has 0 saturated carbocycles. The first kappa shape index (κ1) is 19.0. The number of nitrogens with one attached hydrogen (secondary N) is 1. The molecular formula is C15H22ClN3O4S. The van der Waals surface area contributed by atoms with E-state index in [-0.39, 0.29) is 5.91 Å². The maximum atomic E-state index is 12.2. The van der Waals surface area contributed by atoms with Crippen molar-refractivity contribution in [3.63, 3.8) is 0 Å². The third-order valence-electron chi connectivity index (χ3n) is 3.92. The minimum Gasteiger partial charge on any atom is -0.496 e. The van der Waals surface area contributed by atoms with E-state index >= 15 is 0 Å². The number of sulfonamides is 1. The number of piperazine rings is 1. The van der Waals surface area contributed by atoms with Gasteiger partial charge in [-0.05, 0) is 18.2 Å². The molecule has 0 bridgehead atoms. The van der Waals surface area contributed by atoms with Crippen molar-refractivity contribution in [3.8, 4) is 5.75 Å². The highest BCUT2D eigenvalue weighted by Crippen LogP contribution is 2.22. The Labute approximate surface area is 147 Å². The average molecular weight is 376 g/mol. The van der Waals surface area contributed by atoms with Crippen LogP contribution in [0, 0.1) is 0 Å². The number of ether oxygens (including phenoxy) is 1. The summed E-state index contributed by atoms with van der Waals surface area (Å²) >= 11 is 5.93. The van der Waals surface area contributed by atoms with Gasteiger partial charge >= 0.3 is 0 Å². The Morgan fingerprint density at radius 1 is 1.29 bits per heavy atom. The van der Waals surface area contributed by atoms with Crippen LogP contribution in [-0.4, -0.2) is 76.2 Å². The van der Waals surface area contributed by atoms with E-state index in [1.165, 1.54) is 17.7 Å². The first-order valence-corrected chi connectivity index (χ1v) is 9.83. The van der Waals surface area contributed by atoms with Crippen LogP contribution in [0.4, 0.5) is 0 Å². The smallest absolute Gasteiger partial charge is 0.255 e. The molecule has 7 nitrogen and oxygen atoms in total. The standard InChI is InChI=1S/C15H22ClN3O4S/c1-23-14-4-3-12(16)11-13(14)15(20)17-5-6-18-7-9-19(10-8-18)24(2,21)22/h3-4,11H,5-10H2,1-2H3,(H,17,20). The van der Waals surface area contributed by atoms with Gasteiger partial charge in [-0.25, -0.2) is 8.42 Å². The first-order valence-electron chi connectivity index (χ1n) is 7.60. The molecule has 1 heterocycles. The fraction of sp³-hybridized carbons (Fsp3) is 0.533. The summed E-state index contributed by atoms with van der Waals surface area (Å²) in [6.07, 6.45) is 1.22. The molecule has 1 saturated heterocycles. The first-order chi connectivity index (χ1) is 11.3. The number of hydrogen-bond donors (Lipinski definition) is 1. The van der Waals surface area contributed by atoms with Crippen LogP contribution < -0.4 is 10.1 Å². The molecule has 1 aliphatic heterocycles. The molecule has 9 heteroatoms. The summed E-state index contributed by atoms with van der Waals surface area (Å²) in [4.78, 5) is 14.4. The summed E-state index contributed by atoms with van der Waals surface area (Å²) in [5.74, 6) is 0.225. The van der Waals surface area contributed by atoms with Crippen molar-refractivity contribution < 1.29 is 17.9 Å². The molecule has 0 radical (unpaired) electrons. The van der Waals surface area contributed by atoms with Gasteiger partial charge in [0, 0.05) is 44.3 Å². The molecular weight excluding hydrogens is 354 g/mol. The minimum absolute atomic E-state index is 0.246. The van der Waals surface area contributed by atoms with Crippen molar-refractivity contribution >= 4 is 27.5 Å². The van der Waals surface area contributed by atoms with Crippen molar-refractivity contribution in [1.29, 1.82) is 0 Å². The van der Waals surface area contributed by atoms with Crippen LogP contribution in [0.2, 0.25) is 5.02 Å². The Bertz CT molecular complexity index is 688. The molecule has 0 aromatic heterocycles. The van der Waals surface area contributed by atoms with E-state index in [1.54, 1.807) is 18.2 Å². The van der Waals surface area contributed by atoms with Crippen molar-refractivity contribution in [3.05, 3.63) is 28.8 Å². The van der Waals surface area contributed by atoms with E-state index in [0.29, 0.717) is 55.6 Å². The molecule has 134 valence electrons. The van der Waals surface area contributed by atoms with E-state index in [9.17, 15) is 13.2 Å². The predicted octanol–water partition coefficient (Wildman–Crippen LogP) is 0.656. The summed E-state index contributed by atoms with van der Waals surface area (Å²) in [5.41, 5.74) is 0.395. The molecule has 1 aliphatic rings. The maximum absolute atomic E-state index is 12.2. The second-order valence-corrected chi connectivity index (χ2v) is 8.02. The second-order valence-electron chi connectivity index (χ2n) is 5.60. The number of amides is 1. The molecule has 2 rings (SSSR count). The van der Waals surface area contributed by atoms with E-state index in [0.717, 1.165) is 0 Å². The van der Waals surface area contributed by atoms with E-state index in [1.807, 2.05) is 0 Å². The number of carbonyl (C=O) groups excluding carboxylic acids is 1. The lowest BCUT2D eigenvalue weighted by Gasteiger charge is -2.33. The second kappa shape index (κ2) is 8.15. The Hall–Kier alpha value is -1.35. The van der Waals surface area contributed by atoms with Crippen LogP contribution >= 0.6 is 11.6 Å². The summed E-state index contributed by atoms with van der Waals surface area (Å²) in [6.45, 7) is 3.40. The van der Waals surface area contributed by atoms with Gasteiger partial charge in [0.1, 0.15) is 5.75 Å².